The van der Waals surface area contributed by atoms with E-state index in [-0.39, 0.29) is 11.3 Å². The van der Waals surface area contributed by atoms with Gasteiger partial charge in [-0.3, -0.25) is 9.69 Å². The monoisotopic (exact) mass is 551 g/mol. The maximum Gasteiger partial charge on any atom is 0.291 e. The van der Waals surface area contributed by atoms with Crippen LogP contribution in [0.4, 0.5) is 0 Å². The van der Waals surface area contributed by atoms with Crippen molar-refractivity contribution < 1.29 is 9.21 Å². The SMILES string of the molecule is Cc1nc(C)c(C(=O)N2CCC(CCN3C4CCC3CC(n3c(C)nc5ccccc53)C4)(c3ccccc3)CC2)o1. The first-order valence-corrected chi connectivity index (χ1v) is 15.4. The van der Waals surface area contributed by atoms with Gasteiger partial charge in [-0.25, -0.2) is 9.97 Å². The van der Waals surface area contributed by atoms with Crippen molar-refractivity contribution in [3.8, 4) is 0 Å². The summed E-state index contributed by atoms with van der Waals surface area (Å²) in [6.07, 6.45) is 8.07. The van der Waals surface area contributed by atoms with E-state index in [0.717, 1.165) is 50.2 Å². The quantitative estimate of drug-likeness (QED) is 0.278. The van der Waals surface area contributed by atoms with Gasteiger partial charge in [0.2, 0.25) is 5.76 Å². The Morgan fingerprint density at radius 2 is 1.59 bits per heavy atom. The number of carbonyl (C=O) groups is 1. The Kier molecular flexibility index (Phi) is 6.73. The van der Waals surface area contributed by atoms with E-state index in [1.165, 1.54) is 36.8 Å². The zero-order chi connectivity index (χ0) is 28.1. The highest BCUT2D eigenvalue weighted by molar-refractivity contribution is 5.92. The lowest BCUT2D eigenvalue weighted by Gasteiger charge is -2.45. The number of amides is 1. The van der Waals surface area contributed by atoms with Crippen molar-refractivity contribution in [2.75, 3.05) is 19.6 Å². The molecule has 0 aliphatic carbocycles. The predicted octanol–water partition coefficient (Wildman–Crippen LogP) is 6.38. The molecule has 1 amide bonds. The van der Waals surface area contributed by atoms with E-state index >= 15 is 0 Å². The van der Waals surface area contributed by atoms with E-state index in [1.807, 2.05) is 11.8 Å². The van der Waals surface area contributed by atoms with Crippen LogP contribution in [0.25, 0.3) is 11.0 Å². The second-order valence-corrected chi connectivity index (χ2v) is 12.6. The van der Waals surface area contributed by atoms with Crippen LogP contribution in [0.2, 0.25) is 0 Å². The zero-order valence-electron chi connectivity index (χ0n) is 24.6. The number of aromatic nitrogens is 3. The molecule has 0 radical (unpaired) electrons. The summed E-state index contributed by atoms with van der Waals surface area (Å²) >= 11 is 0. The minimum atomic E-state index is -0.0211. The van der Waals surface area contributed by atoms with Crippen LogP contribution in [0.1, 0.15) is 84.5 Å². The summed E-state index contributed by atoms with van der Waals surface area (Å²) in [5.74, 6) is 2.07. The van der Waals surface area contributed by atoms with Crippen molar-refractivity contribution in [1.29, 1.82) is 0 Å². The van der Waals surface area contributed by atoms with Crippen LogP contribution in [-0.2, 0) is 5.41 Å². The highest BCUT2D eigenvalue weighted by Gasteiger charge is 2.44. The number of hydrogen-bond donors (Lipinski definition) is 0. The van der Waals surface area contributed by atoms with Gasteiger partial charge in [-0.1, -0.05) is 42.5 Å². The van der Waals surface area contributed by atoms with Crippen LogP contribution >= 0.6 is 0 Å². The van der Waals surface area contributed by atoms with E-state index in [0.29, 0.717) is 35.5 Å². The molecular formula is C34H41N5O2. The lowest BCUT2D eigenvalue weighted by Crippen LogP contribution is -2.49. The molecule has 7 nitrogen and oxygen atoms in total. The van der Waals surface area contributed by atoms with Gasteiger partial charge < -0.3 is 13.9 Å². The average Bonchev–Trinajstić information content (AvgIpc) is 3.59. The molecule has 3 fully saturated rings. The minimum absolute atomic E-state index is 0.0211. The lowest BCUT2D eigenvalue weighted by molar-refractivity contribution is 0.0578. The first kappa shape index (κ1) is 26.4. The highest BCUT2D eigenvalue weighted by Crippen LogP contribution is 2.45. The molecule has 2 aromatic carbocycles. The van der Waals surface area contributed by atoms with Crippen LogP contribution < -0.4 is 0 Å². The summed E-state index contributed by atoms with van der Waals surface area (Å²) in [7, 11) is 0. The van der Waals surface area contributed by atoms with Gasteiger partial charge in [-0.15, -0.1) is 0 Å². The molecule has 0 spiro atoms. The summed E-state index contributed by atoms with van der Waals surface area (Å²) in [5, 5.41) is 0. The molecular weight excluding hydrogens is 510 g/mol. The third-order valence-corrected chi connectivity index (χ3v) is 10.3. The molecule has 4 aromatic rings. The lowest BCUT2D eigenvalue weighted by atomic mass is 9.70. The standard InChI is InChI=1S/C34H41N5O2/c1-23-32(41-25(3)35-23)33(40)37-18-15-34(16-19-37,26-9-5-4-6-10-26)17-20-38-27-13-14-28(38)22-29(21-27)39-24(2)36-30-11-7-8-12-31(30)39/h4-12,27-29H,13-22H2,1-3H3. The van der Waals surface area contributed by atoms with Crippen LogP contribution in [0.3, 0.4) is 0 Å². The fraction of sp³-hybridized carbons (Fsp3) is 0.500. The summed E-state index contributed by atoms with van der Waals surface area (Å²) in [6, 6.07) is 21.4. The highest BCUT2D eigenvalue weighted by atomic mass is 16.4. The largest absolute Gasteiger partial charge is 0.436 e. The van der Waals surface area contributed by atoms with E-state index in [9.17, 15) is 4.79 Å². The number of hydrogen-bond acceptors (Lipinski definition) is 5. The summed E-state index contributed by atoms with van der Waals surface area (Å²) in [6.45, 7) is 8.43. The van der Waals surface area contributed by atoms with Crippen LogP contribution in [-0.4, -0.2) is 62.0 Å². The molecule has 3 saturated heterocycles. The molecule has 2 unspecified atom stereocenters. The molecule has 214 valence electrons. The molecule has 3 aliphatic heterocycles. The Morgan fingerprint density at radius 1 is 0.902 bits per heavy atom. The van der Waals surface area contributed by atoms with Crippen molar-refractivity contribution in [3.63, 3.8) is 0 Å². The van der Waals surface area contributed by atoms with Gasteiger partial charge in [0.1, 0.15) is 5.82 Å². The molecule has 7 rings (SSSR count). The number of benzene rings is 2. The fourth-order valence-electron chi connectivity index (χ4n) is 8.28. The number of rotatable bonds is 6. The van der Waals surface area contributed by atoms with Gasteiger partial charge in [-0.2, -0.15) is 0 Å². The fourth-order valence-corrected chi connectivity index (χ4v) is 8.28. The number of piperidine rings is 2. The number of aryl methyl sites for hydroxylation is 3. The van der Waals surface area contributed by atoms with Gasteiger partial charge in [0.15, 0.2) is 5.89 Å². The van der Waals surface area contributed by atoms with Gasteiger partial charge in [0.05, 0.1) is 16.7 Å². The molecule has 2 atom stereocenters. The number of imidazole rings is 1. The number of oxazole rings is 1. The van der Waals surface area contributed by atoms with Crippen molar-refractivity contribution in [2.45, 2.75) is 89.3 Å². The topological polar surface area (TPSA) is 67.4 Å². The zero-order valence-corrected chi connectivity index (χ0v) is 24.6. The van der Waals surface area contributed by atoms with Gasteiger partial charge in [0, 0.05) is 38.1 Å². The first-order valence-electron chi connectivity index (χ1n) is 15.4. The number of fused-ring (bicyclic) bond motifs is 3. The molecule has 5 heterocycles. The Labute approximate surface area is 242 Å². The van der Waals surface area contributed by atoms with E-state index in [2.05, 4.69) is 76.0 Å². The Bertz CT molecular complexity index is 1530. The summed E-state index contributed by atoms with van der Waals surface area (Å²) < 4.78 is 8.20. The van der Waals surface area contributed by atoms with Crippen molar-refractivity contribution in [1.82, 2.24) is 24.3 Å². The first-order chi connectivity index (χ1) is 19.9. The van der Waals surface area contributed by atoms with Crippen molar-refractivity contribution in [2.24, 2.45) is 0 Å². The summed E-state index contributed by atoms with van der Waals surface area (Å²) in [5.41, 5.74) is 4.58. The average molecular weight is 552 g/mol. The second kappa shape index (κ2) is 10.4. The van der Waals surface area contributed by atoms with Crippen LogP contribution in [0.15, 0.2) is 59.0 Å². The second-order valence-electron chi connectivity index (χ2n) is 12.6. The Morgan fingerprint density at radius 3 is 2.27 bits per heavy atom. The normalized spacial score (nSPS) is 24.3. The third-order valence-electron chi connectivity index (χ3n) is 10.3. The molecule has 2 bridgehead atoms. The summed E-state index contributed by atoms with van der Waals surface area (Å²) in [4.78, 5) is 27.3. The van der Waals surface area contributed by atoms with E-state index < -0.39 is 0 Å². The van der Waals surface area contributed by atoms with Crippen molar-refractivity contribution in [3.05, 3.63) is 83.3 Å². The molecule has 0 N–H and O–H groups in total. The molecule has 41 heavy (non-hydrogen) atoms. The molecule has 7 heteroatoms. The third kappa shape index (κ3) is 4.68. The predicted molar refractivity (Wildman–Crippen MR) is 160 cm³/mol. The van der Waals surface area contributed by atoms with E-state index in [4.69, 9.17) is 9.40 Å². The van der Waals surface area contributed by atoms with Gasteiger partial charge in [0.25, 0.3) is 5.91 Å². The van der Waals surface area contributed by atoms with Gasteiger partial charge in [-0.05, 0) is 88.4 Å². The van der Waals surface area contributed by atoms with E-state index in [1.54, 1.807) is 6.92 Å². The number of nitrogens with zero attached hydrogens (tertiary/aromatic N) is 5. The molecule has 0 saturated carbocycles. The Hall–Kier alpha value is -3.45. The molecule has 3 aliphatic rings. The van der Waals surface area contributed by atoms with Crippen LogP contribution in [0.5, 0.6) is 0 Å². The van der Waals surface area contributed by atoms with Crippen molar-refractivity contribution >= 4 is 16.9 Å². The number of carbonyl (C=O) groups excluding carboxylic acids is 1. The molecule has 2 aromatic heterocycles. The smallest absolute Gasteiger partial charge is 0.291 e. The maximum atomic E-state index is 13.3. The van der Waals surface area contributed by atoms with Crippen LogP contribution in [0, 0.1) is 20.8 Å². The minimum Gasteiger partial charge on any atom is -0.436 e. The maximum absolute atomic E-state index is 13.3. The Balaban J connectivity index is 1.07. The van der Waals surface area contributed by atoms with Gasteiger partial charge >= 0.3 is 0 Å². The number of para-hydroxylation sites is 2. The number of likely N-dealkylation sites (tertiary alicyclic amines) is 1.